The maximum Gasteiger partial charge on any atom is 0.226 e. The van der Waals surface area contributed by atoms with E-state index in [1.807, 2.05) is 17.9 Å². The smallest absolute Gasteiger partial charge is 0.226 e. The predicted octanol–water partition coefficient (Wildman–Crippen LogP) is 7.11. The highest BCUT2D eigenvalue weighted by atomic mass is 127. The van der Waals surface area contributed by atoms with Crippen molar-refractivity contribution in [3.05, 3.63) is 69.2 Å². The molecule has 0 saturated carbocycles. The lowest BCUT2D eigenvalue weighted by atomic mass is 9.77. The van der Waals surface area contributed by atoms with Crippen LogP contribution in [0.2, 0.25) is 5.02 Å². The molecule has 3 atom stereocenters. The highest BCUT2D eigenvalue weighted by Gasteiger charge is 2.41. The van der Waals surface area contributed by atoms with Gasteiger partial charge in [0, 0.05) is 55.0 Å². The number of hydrogen-bond donors (Lipinski definition) is 1. The summed E-state index contributed by atoms with van der Waals surface area (Å²) in [4.78, 5) is 29.9. The average Bonchev–Trinajstić information content (AvgIpc) is 2.88. The van der Waals surface area contributed by atoms with Crippen LogP contribution in [-0.4, -0.2) is 53.3 Å². The summed E-state index contributed by atoms with van der Waals surface area (Å²) in [6.07, 6.45) is 2.21. The second-order valence-corrected chi connectivity index (χ2v) is 13.8. The fraction of sp³-hybridized carbons (Fsp3) is 0.548. The van der Waals surface area contributed by atoms with Crippen LogP contribution in [0, 0.1) is 24.5 Å². The van der Waals surface area contributed by atoms with Gasteiger partial charge in [-0.25, -0.2) is 8.78 Å². The number of nitrogens with one attached hydrogen (secondary N) is 1. The maximum absolute atomic E-state index is 15.0. The van der Waals surface area contributed by atoms with E-state index in [1.54, 1.807) is 0 Å². The molecular formula is C31H39ClF2IN3O2. The van der Waals surface area contributed by atoms with Crippen LogP contribution in [0.3, 0.4) is 0 Å². The minimum Gasteiger partial charge on any atom is -0.342 e. The molecule has 0 aliphatic carbocycles. The number of hydrogen-bond acceptors (Lipinski definition) is 3. The molecule has 40 heavy (non-hydrogen) atoms. The Labute approximate surface area is 255 Å². The first kappa shape index (κ1) is 31.2. The van der Waals surface area contributed by atoms with Gasteiger partial charge in [-0.1, -0.05) is 46.3 Å². The molecule has 2 amide bonds. The van der Waals surface area contributed by atoms with Crippen LogP contribution >= 0.6 is 34.2 Å². The molecule has 0 bridgehead atoms. The van der Waals surface area contributed by atoms with E-state index in [9.17, 15) is 18.4 Å². The zero-order valence-corrected chi connectivity index (χ0v) is 26.8. The van der Waals surface area contributed by atoms with Gasteiger partial charge in [0.05, 0.1) is 0 Å². The van der Waals surface area contributed by atoms with Gasteiger partial charge in [0.1, 0.15) is 15.7 Å². The zero-order valence-electron chi connectivity index (χ0n) is 23.9. The van der Waals surface area contributed by atoms with Crippen molar-refractivity contribution in [2.75, 3.05) is 26.2 Å². The van der Waals surface area contributed by atoms with Gasteiger partial charge in [0.2, 0.25) is 11.8 Å². The van der Waals surface area contributed by atoms with Gasteiger partial charge in [-0.05, 0) is 93.8 Å². The van der Waals surface area contributed by atoms with Crippen LogP contribution < -0.4 is 5.32 Å². The van der Waals surface area contributed by atoms with Gasteiger partial charge in [-0.15, -0.1) is 0 Å². The number of carbonyl (C=O) groups excluding carboxylic acids is 2. The number of likely N-dealkylation sites (tertiary alicyclic amines) is 2. The first-order valence-corrected chi connectivity index (χ1v) is 15.6. The van der Waals surface area contributed by atoms with Gasteiger partial charge in [0.25, 0.3) is 0 Å². The Morgan fingerprint density at radius 3 is 2.33 bits per heavy atom. The van der Waals surface area contributed by atoms with E-state index in [0.29, 0.717) is 36.6 Å². The quantitative estimate of drug-likeness (QED) is 0.208. The number of alkyl halides is 1. The van der Waals surface area contributed by atoms with Crippen molar-refractivity contribution in [2.24, 2.45) is 5.92 Å². The molecule has 2 aromatic carbocycles. The van der Waals surface area contributed by atoms with E-state index < -0.39 is 11.6 Å². The fourth-order valence-corrected chi connectivity index (χ4v) is 7.32. The Morgan fingerprint density at radius 2 is 1.73 bits per heavy atom. The predicted molar refractivity (Wildman–Crippen MR) is 164 cm³/mol. The van der Waals surface area contributed by atoms with E-state index in [0.717, 1.165) is 42.1 Å². The van der Waals surface area contributed by atoms with E-state index in [4.69, 9.17) is 11.6 Å². The summed E-state index contributed by atoms with van der Waals surface area (Å²) in [5.41, 5.74) is 3.43. The van der Waals surface area contributed by atoms with Gasteiger partial charge in [-0.3, -0.25) is 14.5 Å². The van der Waals surface area contributed by atoms with E-state index >= 15 is 0 Å². The third-order valence-corrected chi connectivity index (χ3v) is 9.84. The highest BCUT2D eigenvalue weighted by Crippen LogP contribution is 2.41. The average molecular weight is 686 g/mol. The summed E-state index contributed by atoms with van der Waals surface area (Å²) < 4.78 is 28.5. The largest absolute Gasteiger partial charge is 0.342 e. The van der Waals surface area contributed by atoms with Crippen molar-refractivity contribution in [3.63, 3.8) is 0 Å². The third kappa shape index (κ3) is 6.98. The van der Waals surface area contributed by atoms with Crippen molar-refractivity contribution < 1.29 is 18.4 Å². The monoisotopic (exact) mass is 685 g/mol. The molecule has 5 nitrogen and oxygen atoms in total. The van der Waals surface area contributed by atoms with Crippen molar-refractivity contribution >= 4 is 46.0 Å². The Morgan fingerprint density at radius 1 is 1.05 bits per heavy atom. The summed E-state index contributed by atoms with van der Waals surface area (Å²) in [5.74, 6) is -1.72. The lowest BCUT2D eigenvalue weighted by molar-refractivity contribution is -0.139. The molecule has 4 rings (SSSR count). The topological polar surface area (TPSA) is 52.7 Å². The summed E-state index contributed by atoms with van der Waals surface area (Å²) in [7, 11) is 0. The van der Waals surface area contributed by atoms with Crippen LogP contribution in [0.4, 0.5) is 8.78 Å². The third-order valence-electron chi connectivity index (χ3n) is 8.45. The number of piperidine rings is 2. The summed E-state index contributed by atoms with van der Waals surface area (Å²) >= 11 is 8.68. The molecule has 218 valence electrons. The minimum absolute atomic E-state index is 0.0539. The molecule has 2 fully saturated rings. The van der Waals surface area contributed by atoms with Crippen LogP contribution in [0.5, 0.6) is 0 Å². The number of aryl methyl sites for hydroxylation is 1. The van der Waals surface area contributed by atoms with Crippen LogP contribution in [0.25, 0.3) is 0 Å². The molecule has 0 radical (unpaired) electrons. The van der Waals surface area contributed by atoms with Crippen molar-refractivity contribution in [2.45, 2.75) is 75.3 Å². The molecule has 2 aromatic rings. The van der Waals surface area contributed by atoms with Crippen LogP contribution in [0.1, 0.15) is 85.1 Å². The molecule has 2 aliphatic heterocycles. The number of halogens is 4. The minimum atomic E-state index is -0.612. The number of nitrogens with zero attached hydrogens (tertiary/aromatic N) is 2. The molecule has 0 spiro atoms. The van der Waals surface area contributed by atoms with Gasteiger partial charge < -0.3 is 10.2 Å². The van der Waals surface area contributed by atoms with Gasteiger partial charge in [0.15, 0.2) is 0 Å². The van der Waals surface area contributed by atoms with Crippen molar-refractivity contribution in [3.8, 4) is 0 Å². The van der Waals surface area contributed by atoms with Crippen LogP contribution in [0.15, 0.2) is 30.3 Å². The Bertz CT molecular complexity index is 1260. The standard InChI is InChI=1S/C31H39ClF2IN3O2/c1-18-14-24(25(16-27(18)32)29(35)36-19(2)39)20-8-11-37(12-9-20)30(40)23-10-13-38(31(3,4)5)17-26(23)22-7-6-21(33)15-28(22)34/h6-7,14-16,20,23,26,29H,8-13,17H2,1-5H3,(H,36,39)/t23?,26?,29-/m1/s1. The molecule has 0 aromatic heterocycles. The van der Waals surface area contributed by atoms with Crippen molar-refractivity contribution in [1.29, 1.82) is 0 Å². The normalized spacial score (nSPS) is 21.8. The molecule has 2 aliphatic rings. The Hall–Kier alpha value is -1.78. The van der Waals surface area contributed by atoms with Gasteiger partial charge >= 0.3 is 0 Å². The number of rotatable bonds is 5. The second-order valence-electron chi connectivity index (χ2n) is 12.2. The molecule has 1 N–H and O–H groups in total. The second kappa shape index (κ2) is 12.6. The molecule has 2 unspecified atom stereocenters. The Balaban J connectivity index is 1.53. The summed E-state index contributed by atoms with van der Waals surface area (Å²) in [6.45, 7) is 12.4. The molecule has 2 saturated heterocycles. The fourth-order valence-electron chi connectivity index (χ4n) is 6.17. The highest BCUT2D eigenvalue weighted by molar-refractivity contribution is 14.1. The first-order valence-electron chi connectivity index (χ1n) is 14.0. The Kier molecular flexibility index (Phi) is 9.83. The van der Waals surface area contributed by atoms with Crippen LogP contribution in [-0.2, 0) is 9.59 Å². The number of carbonyl (C=O) groups is 2. The number of amides is 2. The summed E-state index contributed by atoms with van der Waals surface area (Å²) in [5, 5.41) is 3.63. The lowest BCUT2D eigenvalue weighted by Crippen LogP contribution is -2.53. The molecule has 9 heteroatoms. The summed E-state index contributed by atoms with van der Waals surface area (Å²) in [6, 6.07) is 7.78. The lowest BCUT2D eigenvalue weighted by Gasteiger charge is -2.46. The number of benzene rings is 2. The SMILES string of the molecule is CC(=O)N[C@@H](I)c1cc(Cl)c(C)cc1C1CCN(C(=O)C2CCN(C(C)(C)C)CC2c2ccc(F)cc2F)CC1. The van der Waals surface area contributed by atoms with Crippen molar-refractivity contribution in [1.82, 2.24) is 15.1 Å². The maximum atomic E-state index is 15.0. The molecule has 2 heterocycles. The van der Waals surface area contributed by atoms with E-state index in [2.05, 4.69) is 59.6 Å². The van der Waals surface area contributed by atoms with E-state index in [1.165, 1.54) is 19.1 Å². The van der Waals surface area contributed by atoms with Gasteiger partial charge in [-0.2, -0.15) is 0 Å². The molecular weight excluding hydrogens is 647 g/mol. The van der Waals surface area contributed by atoms with E-state index in [-0.39, 0.29) is 39.2 Å². The first-order chi connectivity index (χ1) is 18.8. The zero-order chi connectivity index (χ0) is 29.4.